The Morgan fingerprint density at radius 1 is 1.47 bits per heavy atom. The zero-order valence-electron chi connectivity index (χ0n) is 9.79. The van der Waals surface area contributed by atoms with Gasteiger partial charge in [-0.3, -0.25) is 4.68 Å². The molecule has 1 saturated heterocycles. The van der Waals surface area contributed by atoms with Gasteiger partial charge >= 0.3 is 0 Å². The minimum absolute atomic E-state index is 0.168. The zero-order chi connectivity index (χ0) is 10.7. The molecule has 3 nitrogen and oxygen atoms in total. The number of rotatable bonds is 2. The average molecular weight is 207 g/mol. The minimum Gasteiger partial charge on any atom is -0.306 e. The van der Waals surface area contributed by atoms with Crippen molar-refractivity contribution >= 4 is 0 Å². The van der Waals surface area contributed by atoms with Crippen molar-refractivity contribution in [2.24, 2.45) is 7.05 Å². The molecular weight excluding hydrogens is 186 g/mol. The van der Waals surface area contributed by atoms with E-state index in [0.29, 0.717) is 0 Å². The van der Waals surface area contributed by atoms with Crippen LogP contribution in [0.15, 0.2) is 12.3 Å². The normalized spacial score (nSPS) is 27.6. The molecule has 3 heteroatoms. The van der Waals surface area contributed by atoms with E-state index in [0.717, 1.165) is 13.0 Å². The highest BCUT2D eigenvalue weighted by Gasteiger charge is 2.32. The van der Waals surface area contributed by atoms with Crippen LogP contribution in [-0.4, -0.2) is 16.3 Å². The van der Waals surface area contributed by atoms with Gasteiger partial charge in [-0.2, -0.15) is 5.10 Å². The molecule has 1 unspecified atom stereocenters. The molecule has 2 rings (SSSR count). The summed E-state index contributed by atoms with van der Waals surface area (Å²) in [5.41, 5.74) is 1.51. The molecule has 0 bridgehead atoms. The molecule has 1 fully saturated rings. The summed E-state index contributed by atoms with van der Waals surface area (Å²) in [6.45, 7) is 3.41. The smallest absolute Gasteiger partial charge is 0.0602 e. The first-order valence-corrected chi connectivity index (χ1v) is 6.02. The Kier molecular flexibility index (Phi) is 3.10. The maximum absolute atomic E-state index is 4.29. The number of aromatic nitrogens is 2. The maximum atomic E-state index is 4.29. The topological polar surface area (TPSA) is 29.9 Å². The summed E-state index contributed by atoms with van der Waals surface area (Å²) in [4.78, 5) is 0. The highest BCUT2D eigenvalue weighted by Crippen LogP contribution is 2.32. The summed E-state index contributed by atoms with van der Waals surface area (Å²) < 4.78 is 2.02. The lowest BCUT2D eigenvalue weighted by atomic mass is 9.87. The molecule has 15 heavy (non-hydrogen) atoms. The highest BCUT2D eigenvalue weighted by atomic mass is 15.3. The van der Waals surface area contributed by atoms with Gasteiger partial charge in [-0.1, -0.05) is 19.8 Å². The molecule has 1 N–H and O–H groups in total. The number of hydrogen-bond donors (Lipinski definition) is 1. The summed E-state index contributed by atoms with van der Waals surface area (Å²) in [6.07, 6.45) is 8.27. The average Bonchev–Trinajstić information content (AvgIpc) is 2.56. The fourth-order valence-corrected chi connectivity index (χ4v) is 2.69. The monoisotopic (exact) mass is 207 g/mol. The van der Waals surface area contributed by atoms with E-state index < -0.39 is 0 Å². The largest absolute Gasteiger partial charge is 0.306 e. The van der Waals surface area contributed by atoms with Crippen LogP contribution >= 0.6 is 0 Å². The van der Waals surface area contributed by atoms with Gasteiger partial charge in [0.1, 0.15) is 0 Å². The molecular formula is C12H21N3. The second kappa shape index (κ2) is 4.35. The van der Waals surface area contributed by atoms with Crippen LogP contribution in [0.3, 0.4) is 0 Å². The summed E-state index contributed by atoms with van der Waals surface area (Å²) in [7, 11) is 2.04. The molecule has 1 aromatic rings. The Hall–Kier alpha value is -0.830. The van der Waals surface area contributed by atoms with Crippen LogP contribution in [0.5, 0.6) is 0 Å². The standard InChI is InChI=1S/C12H21N3/c1-3-12(8-5-4-6-9-13-12)11-7-10-14-15(11)2/h7,10,13H,3-6,8-9H2,1-2H3. The van der Waals surface area contributed by atoms with E-state index in [1.807, 2.05) is 17.9 Å². The van der Waals surface area contributed by atoms with Crippen molar-refractivity contribution in [1.29, 1.82) is 0 Å². The van der Waals surface area contributed by atoms with Crippen LogP contribution in [0.1, 0.15) is 44.7 Å². The van der Waals surface area contributed by atoms with E-state index in [1.54, 1.807) is 0 Å². The second-order valence-electron chi connectivity index (χ2n) is 4.51. The second-order valence-corrected chi connectivity index (χ2v) is 4.51. The first-order chi connectivity index (χ1) is 7.28. The van der Waals surface area contributed by atoms with Gasteiger partial charge in [0.15, 0.2) is 0 Å². The van der Waals surface area contributed by atoms with E-state index in [2.05, 4.69) is 23.4 Å². The predicted molar refractivity (Wildman–Crippen MR) is 61.6 cm³/mol. The molecule has 0 saturated carbocycles. The molecule has 1 aromatic heterocycles. The van der Waals surface area contributed by atoms with E-state index in [9.17, 15) is 0 Å². The van der Waals surface area contributed by atoms with Crippen LogP contribution < -0.4 is 5.32 Å². The Morgan fingerprint density at radius 2 is 2.33 bits per heavy atom. The van der Waals surface area contributed by atoms with Crippen LogP contribution in [0.25, 0.3) is 0 Å². The quantitative estimate of drug-likeness (QED) is 0.805. The SMILES string of the molecule is CCC1(c2ccnn2C)CCCCCN1. The zero-order valence-corrected chi connectivity index (χ0v) is 9.79. The Balaban J connectivity index is 2.30. The molecule has 0 radical (unpaired) electrons. The summed E-state index contributed by atoms with van der Waals surface area (Å²) in [6, 6.07) is 2.15. The van der Waals surface area contributed by atoms with Crippen molar-refractivity contribution in [1.82, 2.24) is 15.1 Å². The Morgan fingerprint density at radius 3 is 3.00 bits per heavy atom. The van der Waals surface area contributed by atoms with Crippen molar-refractivity contribution < 1.29 is 0 Å². The van der Waals surface area contributed by atoms with Gasteiger partial charge in [0.05, 0.1) is 11.2 Å². The molecule has 0 spiro atoms. The molecule has 1 aliphatic heterocycles. The van der Waals surface area contributed by atoms with E-state index in [4.69, 9.17) is 0 Å². The number of nitrogens with one attached hydrogen (secondary N) is 1. The van der Waals surface area contributed by atoms with Crippen LogP contribution in [0, 0.1) is 0 Å². The number of aryl methyl sites for hydroxylation is 1. The predicted octanol–water partition coefficient (Wildman–Crippen LogP) is 2.19. The van der Waals surface area contributed by atoms with Crippen LogP contribution in [-0.2, 0) is 12.6 Å². The summed E-state index contributed by atoms with van der Waals surface area (Å²) in [5.74, 6) is 0. The Labute approximate surface area is 91.9 Å². The van der Waals surface area contributed by atoms with Gasteiger partial charge in [-0.15, -0.1) is 0 Å². The van der Waals surface area contributed by atoms with Crippen molar-refractivity contribution in [2.45, 2.75) is 44.6 Å². The maximum Gasteiger partial charge on any atom is 0.0602 e. The lowest BCUT2D eigenvalue weighted by molar-refractivity contribution is 0.292. The van der Waals surface area contributed by atoms with Gasteiger partial charge < -0.3 is 5.32 Å². The lowest BCUT2D eigenvalue weighted by Crippen LogP contribution is -2.42. The van der Waals surface area contributed by atoms with E-state index in [1.165, 1.54) is 31.4 Å². The van der Waals surface area contributed by atoms with Crippen LogP contribution in [0.4, 0.5) is 0 Å². The van der Waals surface area contributed by atoms with E-state index >= 15 is 0 Å². The van der Waals surface area contributed by atoms with Gasteiger partial charge in [0.25, 0.3) is 0 Å². The number of nitrogens with zero attached hydrogens (tertiary/aromatic N) is 2. The third-order valence-electron chi connectivity index (χ3n) is 3.66. The summed E-state index contributed by atoms with van der Waals surface area (Å²) in [5, 5.41) is 8.02. The molecule has 1 aliphatic rings. The third kappa shape index (κ3) is 1.93. The van der Waals surface area contributed by atoms with Crippen molar-refractivity contribution in [2.75, 3.05) is 6.54 Å². The first-order valence-electron chi connectivity index (χ1n) is 6.02. The third-order valence-corrected chi connectivity index (χ3v) is 3.66. The minimum atomic E-state index is 0.168. The highest BCUT2D eigenvalue weighted by molar-refractivity contribution is 5.15. The van der Waals surface area contributed by atoms with Gasteiger partial charge in [-0.05, 0) is 31.9 Å². The molecule has 1 atom stereocenters. The molecule has 0 aromatic carbocycles. The van der Waals surface area contributed by atoms with Crippen LogP contribution in [0.2, 0.25) is 0 Å². The van der Waals surface area contributed by atoms with Gasteiger partial charge in [-0.25, -0.2) is 0 Å². The van der Waals surface area contributed by atoms with Crippen molar-refractivity contribution in [3.63, 3.8) is 0 Å². The molecule has 0 aliphatic carbocycles. The van der Waals surface area contributed by atoms with E-state index in [-0.39, 0.29) is 5.54 Å². The number of hydrogen-bond acceptors (Lipinski definition) is 2. The lowest BCUT2D eigenvalue weighted by Gasteiger charge is -2.32. The summed E-state index contributed by atoms with van der Waals surface area (Å²) >= 11 is 0. The fraction of sp³-hybridized carbons (Fsp3) is 0.750. The van der Waals surface area contributed by atoms with Gasteiger partial charge in [0, 0.05) is 13.2 Å². The first kappa shape index (κ1) is 10.7. The van der Waals surface area contributed by atoms with Crippen molar-refractivity contribution in [3.05, 3.63) is 18.0 Å². The van der Waals surface area contributed by atoms with Crippen molar-refractivity contribution in [3.8, 4) is 0 Å². The van der Waals surface area contributed by atoms with Gasteiger partial charge in [0.2, 0.25) is 0 Å². The molecule has 84 valence electrons. The molecule has 0 amide bonds. The Bertz CT molecular complexity index is 308. The molecule has 2 heterocycles. The fourth-order valence-electron chi connectivity index (χ4n) is 2.69.